The van der Waals surface area contributed by atoms with Crippen molar-refractivity contribution in [2.24, 2.45) is 0 Å². The standard InChI is InChI=1S/C27H28N6O2/c1-17-24-21(26(34)30-16-19-7-6-14-29-27(19)35-20-8-2-3-9-20)15-22(18-11-12-18)31-25(24)33(32-17)23-10-4-5-13-28-23/h4-7,10,13-15,18,20H,2-3,8-9,11-12,16H2,1H3,(H,30,34). The third-order valence-electron chi connectivity index (χ3n) is 6.81. The van der Waals surface area contributed by atoms with Crippen molar-refractivity contribution in [1.29, 1.82) is 0 Å². The van der Waals surface area contributed by atoms with Gasteiger partial charge < -0.3 is 10.1 Å². The quantitative estimate of drug-likeness (QED) is 0.424. The molecule has 2 aliphatic rings. The van der Waals surface area contributed by atoms with Gasteiger partial charge in [0.15, 0.2) is 11.5 Å². The Morgan fingerprint density at radius 3 is 2.69 bits per heavy atom. The topological polar surface area (TPSA) is 94.8 Å². The van der Waals surface area contributed by atoms with Gasteiger partial charge in [-0.25, -0.2) is 15.0 Å². The minimum absolute atomic E-state index is 0.154. The first-order chi connectivity index (χ1) is 17.2. The molecule has 0 unspecified atom stereocenters. The van der Waals surface area contributed by atoms with E-state index < -0.39 is 0 Å². The molecular weight excluding hydrogens is 440 g/mol. The Hall–Kier alpha value is -3.81. The number of nitrogens with zero attached hydrogens (tertiary/aromatic N) is 5. The third kappa shape index (κ3) is 4.36. The highest BCUT2D eigenvalue weighted by Gasteiger charge is 2.29. The van der Waals surface area contributed by atoms with E-state index in [-0.39, 0.29) is 12.0 Å². The van der Waals surface area contributed by atoms with Gasteiger partial charge in [-0.2, -0.15) is 9.78 Å². The molecular formula is C27H28N6O2. The zero-order chi connectivity index (χ0) is 23.8. The van der Waals surface area contributed by atoms with Crippen molar-refractivity contribution in [2.45, 2.75) is 64.0 Å². The SMILES string of the molecule is Cc1nn(-c2ccccn2)c2nc(C3CC3)cc(C(=O)NCc3cccnc3OC3CCCC3)c12. The fourth-order valence-corrected chi connectivity index (χ4v) is 4.81. The van der Waals surface area contributed by atoms with Crippen LogP contribution < -0.4 is 10.1 Å². The Kier molecular flexibility index (Phi) is 5.64. The van der Waals surface area contributed by atoms with Gasteiger partial charge in [0.25, 0.3) is 5.91 Å². The molecule has 8 heteroatoms. The summed E-state index contributed by atoms with van der Waals surface area (Å²) in [5, 5.41) is 8.55. The summed E-state index contributed by atoms with van der Waals surface area (Å²) in [5.41, 5.74) is 3.83. The van der Waals surface area contributed by atoms with Crippen LogP contribution in [-0.2, 0) is 6.54 Å². The minimum atomic E-state index is -0.154. The molecule has 1 amide bonds. The largest absolute Gasteiger partial charge is 0.474 e. The third-order valence-corrected chi connectivity index (χ3v) is 6.81. The molecule has 178 valence electrons. The van der Waals surface area contributed by atoms with Gasteiger partial charge in [-0.15, -0.1) is 0 Å². The second kappa shape index (κ2) is 9.09. The van der Waals surface area contributed by atoms with Crippen molar-refractivity contribution < 1.29 is 9.53 Å². The highest BCUT2D eigenvalue weighted by atomic mass is 16.5. The molecule has 0 radical (unpaired) electrons. The summed E-state index contributed by atoms with van der Waals surface area (Å²) < 4.78 is 7.89. The molecule has 2 fully saturated rings. The van der Waals surface area contributed by atoms with Crippen LogP contribution >= 0.6 is 0 Å². The smallest absolute Gasteiger partial charge is 0.252 e. The summed E-state index contributed by atoms with van der Waals surface area (Å²) >= 11 is 0. The highest BCUT2D eigenvalue weighted by Crippen LogP contribution is 2.40. The molecule has 0 saturated heterocycles. The molecule has 4 aromatic rings. The maximum atomic E-state index is 13.5. The van der Waals surface area contributed by atoms with Gasteiger partial charge >= 0.3 is 0 Å². The molecule has 2 saturated carbocycles. The lowest BCUT2D eigenvalue weighted by Crippen LogP contribution is -2.24. The van der Waals surface area contributed by atoms with E-state index in [1.165, 1.54) is 12.8 Å². The average Bonchev–Trinajstić information content (AvgIpc) is 3.52. The van der Waals surface area contributed by atoms with Crippen molar-refractivity contribution in [1.82, 2.24) is 30.0 Å². The number of carbonyl (C=O) groups excluding carboxylic acids is 1. The van der Waals surface area contributed by atoms with Crippen LogP contribution in [0.2, 0.25) is 0 Å². The van der Waals surface area contributed by atoms with Gasteiger partial charge in [0, 0.05) is 36.1 Å². The number of nitrogens with one attached hydrogen (secondary N) is 1. The molecule has 4 heterocycles. The predicted molar refractivity (Wildman–Crippen MR) is 132 cm³/mol. The van der Waals surface area contributed by atoms with Crippen molar-refractivity contribution in [3.63, 3.8) is 0 Å². The van der Waals surface area contributed by atoms with Crippen LogP contribution in [-0.4, -0.2) is 36.7 Å². The first kappa shape index (κ1) is 21.7. The number of ether oxygens (including phenoxy) is 1. The summed E-state index contributed by atoms with van der Waals surface area (Å²) in [6.07, 6.45) is 10.4. The Morgan fingerprint density at radius 2 is 1.91 bits per heavy atom. The first-order valence-corrected chi connectivity index (χ1v) is 12.4. The fourth-order valence-electron chi connectivity index (χ4n) is 4.81. The highest BCUT2D eigenvalue weighted by molar-refractivity contribution is 6.06. The lowest BCUT2D eigenvalue weighted by molar-refractivity contribution is 0.0951. The van der Waals surface area contributed by atoms with Gasteiger partial charge in [0.1, 0.15) is 6.10 Å². The maximum Gasteiger partial charge on any atom is 0.252 e. The molecule has 1 N–H and O–H groups in total. The molecule has 35 heavy (non-hydrogen) atoms. The Labute approximate surface area is 203 Å². The zero-order valence-electron chi connectivity index (χ0n) is 19.8. The van der Waals surface area contributed by atoms with Crippen LogP contribution in [0.1, 0.15) is 71.8 Å². The van der Waals surface area contributed by atoms with Crippen LogP contribution in [0.15, 0.2) is 48.8 Å². The average molecular weight is 469 g/mol. The van der Waals surface area contributed by atoms with E-state index in [1.807, 2.05) is 43.3 Å². The normalized spacial score (nSPS) is 16.0. The molecule has 0 bridgehead atoms. The molecule has 8 nitrogen and oxygen atoms in total. The molecule has 2 aliphatic carbocycles. The van der Waals surface area contributed by atoms with Crippen molar-refractivity contribution in [3.8, 4) is 11.7 Å². The zero-order valence-corrected chi connectivity index (χ0v) is 19.8. The molecule has 6 rings (SSSR count). The number of hydrogen-bond acceptors (Lipinski definition) is 6. The van der Waals surface area contributed by atoms with E-state index >= 15 is 0 Å². The van der Waals surface area contributed by atoms with Gasteiger partial charge in [0.2, 0.25) is 5.88 Å². The maximum absolute atomic E-state index is 13.5. The molecule has 0 aromatic carbocycles. The summed E-state index contributed by atoms with van der Waals surface area (Å²) in [7, 11) is 0. The summed E-state index contributed by atoms with van der Waals surface area (Å²) in [5.74, 6) is 1.53. The van der Waals surface area contributed by atoms with Gasteiger partial charge in [-0.05, 0) is 69.7 Å². The molecule has 0 atom stereocenters. The number of fused-ring (bicyclic) bond motifs is 1. The van der Waals surface area contributed by atoms with Gasteiger partial charge in [-0.3, -0.25) is 4.79 Å². The van der Waals surface area contributed by atoms with E-state index in [9.17, 15) is 4.79 Å². The second-order valence-electron chi connectivity index (χ2n) is 9.43. The van der Waals surface area contributed by atoms with Crippen LogP contribution in [0.25, 0.3) is 16.9 Å². The monoisotopic (exact) mass is 468 g/mol. The van der Waals surface area contributed by atoms with Gasteiger partial charge in [-0.1, -0.05) is 12.1 Å². The number of aromatic nitrogens is 5. The lowest BCUT2D eigenvalue weighted by Gasteiger charge is -2.15. The number of rotatable bonds is 7. The van der Waals surface area contributed by atoms with E-state index in [2.05, 4.69) is 15.3 Å². The number of pyridine rings is 3. The summed E-state index contributed by atoms with van der Waals surface area (Å²) in [6.45, 7) is 2.25. The Bertz CT molecular complexity index is 1370. The predicted octanol–water partition coefficient (Wildman–Crippen LogP) is 4.65. The minimum Gasteiger partial charge on any atom is -0.474 e. The van der Waals surface area contributed by atoms with Crippen LogP contribution in [0.4, 0.5) is 0 Å². The molecule has 4 aromatic heterocycles. The van der Waals surface area contributed by atoms with E-state index in [0.29, 0.717) is 35.4 Å². The summed E-state index contributed by atoms with van der Waals surface area (Å²) in [6, 6.07) is 11.5. The number of hydrogen-bond donors (Lipinski definition) is 1. The first-order valence-electron chi connectivity index (χ1n) is 12.4. The number of carbonyl (C=O) groups is 1. The van der Waals surface area contributed by atoms with E-state index in [0.717, 1.165) is 48.0 Å². The number of amides is 1. The van der Waals surface area contributed by atoms with Crippen LogP contribution in [0, 0.1) is 6.92 Å². The van der Waals surface area contributed by atoms with Crippen molar-refractivity contribution in [3.05, 3.63) is 71.3 Å². The summed E-state index contributed by atoms with van der Waals surface area (Å²) in [4.78, 5) is 27.3. The fraction of sp³-hybridized carbons (Fsp3) is 0.370. The number of aryl methyl sites for hydroxylation is 1. The van der Waals surface area contributed by atoms with Gasteiger partial charge in [0.05, 0.1) is 16.6 Å². The molecule has 0 spiro atoms. The van der Waals surface area contributed by atoms with Crippen LogP contribution in [0.3, 0.4) is 0 Å². The second-order valence-corrected chi connectivity index (χ2v) is 9.43. The van der Waals surface area contributed by atoms with Crippen molar-refractivity contribution >= 4 is 16.9 Å². The van der Waals surface area contributed by atoms with Crippen molar-refractivity contribution in [2.75, 3.05) is 0 Å². The van der Waals surface area contributed by atoms with E-state index in [4.69, 9.17) is 14.8 Å². The van der Waals surface area contributed by atoms with Crippen LogP contribution in [0.5, 0.6) is 5.88 Å². The lowest BCUT2D eigenvalue weighted by atomic mass is 10.1. The molecule has 0 aliphatic heterocycles. The van der Waals surface area contributed by atoms with E-state index in [1.54, 1.807) is 17.1 Å². The Morgan fingerprint density at radius 1 is 1.09 bits per heavy atom. The Balaban J connectivity index is 1.32.